The number of nitrogens with zero attached hydrogens (tertiary/aromatic N) is 5. The summed E-state index contributed by atoms with van der Waals surface area (Å²) in [7, 11) is 0. The highest BCUT2D eigenvalue weighted by Gasteiger charge is 2.28. The van der Waals surface area contributed by atoms with Crippen molar-refractivity contribution in [1.82, 2.24) is 24.7 Å². The molecule has 1 aliphatic rings. The number of rotatable bonds is 3. The van der Waals surface area contributed by atoms with Crippen LogP contribution in [0.3, 0.4) is 0 Å². The van der Waals surface area contributed by atoms with E-state index in [0.717, 1.165) is 43.1 Å². The fourth-order valence-electron chi connectivity index (χ4n) is 3.45. The summed E-state index contributed by atoms with van der Waals surface area (Å²) in [6.45, 7) is 5.51. The number of hydrogen-bond donors (Lipinski definition) is 1. The summed E-state index contributed by atoms with van der Waals surface area (Å²) in [6.07, 6.45) is 2.13. The fraction of sp³-hybridized carbons (Fsp3) is 0.412. The van der Waals surface area contributed by atoms with Gasteiger partial charge in [0.1, 0.15) is 11.6 Å². The predicted octanol–water partition coefficient (Wildman–Crippen LogP) is 1.80. The van der Waals surface area contributed by atoms with E-state index in [4.69, 9.17) is 0 Å². The molecule has 1 aliphatic heterocycles. The predicted molar refractivity (Wildman–Crippen MR) is 92.2 cm³/mol. The van der Waals surface area contributed by atoms with E-state index in [0.29, 0.717) is 11.3 Å². The molecule has 1 aromatic carbocycles. The molecule has 7 nitrogen and oxygen atoms in total. The van der Waals surface area contributed by atoms with Gasteiger partial charge in [-0.25, -0.2) is 14.6 Å². The van der Waals surface area contributed by atoms with Gasteiger partial charge in [-0.2, -0.15) is 5.10 Å². The van der Waals surface area contributed by atoms with E-state index in [1.165, 1.54) is 0 Å². The molecule has 2 aromatic heterocycles. The SMILES string of the molecule is Cc1nc(C)n(CC2CCCN2c2nc3ccccc3c(=O)[nH]2)n1. The summed E-state index contributed by atoms with van der Waals surface area (Å²) in [5.41, 5.74) is 0.642. The third-order valence-corrected chi connectivity index (χ3v) is 4.60. The molecule has 1 saturated heterocycles. The van der Waals surface area contributed by atoms with Crippen LogP contribution in [0.1, 0.15) is 24.5 Å². The molecule has 0 spiro atoms. The van der Waals surface area contributed by atoms with E-state index in [1.807, 2.05) is 36.7 Å². The molecule has 1 unspecified atom stereocenters. The Hall–Kier alpha value is -2.70. The number of nitrogens with one attached hydrogen (secondary N) is 1. The smallest absolute Gasteiger partial charge is 0.260 e. The minimum atomic E-state index is -0.0889. The zero-order chi connectivity index (χ0) is 16.7. The van der Waals surface area contributed by atoms with Crippen molar-refractivity contribution in [3.8, 4) is 0 Å². The maximum Gasteiger partial charge on any atom is 0.260 e. The normalized spacial score (nSPS) is 17.8. The first-order valence-corrected chi connectivity index (χ1v) is 8.25. The molecule has 0 amide bonds. The molecule has 3 heterocycles. The van der Waals surface area contributed by atoms with Crippen molar-refractivity contribution >= 4 is 16.9 Å². The highest BCUT2D eigenvalue weighted by molar-refractivity contribution is 5.78. The first kappa shape index (κ1) is 14.9. The van der Waals surface area contributed by atoms with Crippen LogP contribution < -0.4 is 10.5 Å². The molecule has 1 N–H and O–H groups in total. The zero-order valence-electron chi connectivity index (χ0n) is 13.9. The second-order valence-corrected chi connectivity index (χ2v) is 6.28. The topological polar surface area (TPSA) is 79.7 Å². The van der Waals surface area contributed by atoms with Crippen molar-refractivity contribution in [2.24, 2.45) is 0 Å². The number of benzene rings is 1. The van der Waals surface area contributed by atoms with Crippen LogP contribution in [0.4, 0.5) is 5.95 Å². The minimum Gasteiger partial charge on any atom is -0.337 e. The Morgan fingerprint density at radius 3 is 2.88 bits per heavy atom. The lowest BCUT2D eigenvalue weighted by molar-refractivity contribution is 0.493. The number of H-pyrrole nitrogens is 1. The minimum absolute atomic E-state index is 0.0889. The molecule has 1 atom stereocenters. The van der Waals surface area contributed by atoms with Crippen LogP contribution in [0.25, 0.3) is 10.9 Å². The van der Waals surface area contributed by atoms with Crippen molar-refractivity contribution in [2.75, 3.05) is 11.4 Å². The average molecular weight is 324 g/mol. The van der Waals surface area contributed by atoms with Gasteiger partial charge in [0, 0.05) is 6.54 Å². The Bertz CT molecular complexity index is 944. The third kappa shape index (κ3) is 2.55. The maximum atomic E-state index is 12.3. The summed E-state index contributed by atoms with van der Waals surface area (Å²) >= 11 is 0. The second-order valence-electron chi connectivity index (χ2n) is 6.28. The molecule has 24 heavy (non-hydrogen) atoms. The molecule has 124 valence electrons. The van der Waals surface area contributed by atoms with Gasteiger partial charge in [-0.3, -0.25) is 9.78 Å². The van der Waals surface area contributed by atoms with Crippen LogP contribution in [-0.2, 0) is 6.54 Å². The molecular weight excluding hydrogens is 304 g/mol. The standard InChI is InChI=1S/C17H20N6O/c1-11-18-12(2)23(21-11)10-13-6-5-9-22(13)17-19-15-8-4-3-7-14(15)16(24)20-17/h3-4,7-8,13H,5-6,9-10H2,1-2H3,(H,19,20,24). The highest BCUT2D eigenvalue weighted by atomic mass is 16.1. The van der Waals surface area contributed by atoms with Gasteiger partial charge in [0.15, 0.2) is 0 Å². The lowest BCUT2D eigenvalue weighted by atomic mass is 10.2. The number of hydrogen-bond acceptors (Lipinski definition) is 5. The summed E-state index contributed by atoms with van der Waals surface area (Å²) in [5, 5.41) is 5.08. The lowest BCUT2D eigenvalue weighted by Crippen LogP contribution is -2.36. The van der Waals surface area contributed by atoms with E-state index in [9.17, 15) is 4.79 Å². The van der Waals surface area contributed by atoms with Gasteiger partial charge >= 0.3 is 0 Å². The molecule has 7 heteroatoms. The molecule has 0 aliphatic carbocycles. The molecule has 4 rings (SSSR count). The van der Waals surface area contributed by atoms with Crippen molar-refractivity contribution in [2.45, 2.75) is 39.3 Å². The van der Waals surface area contributed by atoms with Crippen molar-refractivity contribution in [3.63, 3.8) is 0 Å². The number of fused-ring (bicyclic) bond motifs is 1. The lowest BCUT2D eigenvalue weighted by Gasteiger charge is -2.25. The summed E-state index contributed by atoms with van der Waals surface area (Å²) < 4.78 is 1.94. The Labute approximate surface area is 139 Å². The van der Waals surface area contributed by atoms with Crippen LogP contribution in [-0.4, -0.2) is 37.3 Å². The Morgan fingerprint density at radius 1 is 1.25 bits per heavy atom. The van der Waals surface area contributed by atoms with E-state index in [-0.39, 0.29) is 11.6 Å². The first-order chi connectivity index (χ1) is 11.6. The van der Waals surface area contributed by atoms with E-state index < -0.39 is 0 Å². The largest absolute Gasteiger partial charge is 0.337 e. The van der Waals surface area contributed by atoms with E-state index in [2.05, 4.69) is 25.0 Å². The van der Waals surface area contributed by atoms with Crippen molar-refractivity contribution < 1.29 is 0 Å². The highest BCUT2D eigenvalue weighted by Crippen LogP contribution is 2.24. The Morgan fingerprint density at radius 2 is 2.08 bits per heavy atom. The maximum absolute atomic E-state index is 12.3. The monoisotopic (exact) mass is 324 g/mol. The van der Waals surface area contributed by atoms with Crippen LogP contribution in [0.2, 0.25) is 0 Å². The number of aryl methyl sites for hydroxylation is 2. The van der Waals surface area contributed by atoms with Gasteiger partial charge in [-0.15, -0.1) is 0 Å². The third-order valence-electron chi connectivity index (χ3n) is 4.60. The van der Waals surface area contributed by atoms with Gasteiger partial charge in [0.2, 0.25) is 5.95 Å². The number of aromatic nitrogens is 5. The number of anilines is 1. The van der Waals surface area contributed by atoms with Gasteiger partial charge in [-0.05, 0) is 38.8 Å². The fourth-order valence-corrected chi connectivity index (χ4v) is 3.45. The number of aromatic amines is 1. The van der Waals surface area contributed by atoms with Crippen LogP contribution in [0.15, 0.2) is 29.1 Å². The molecule has 0 bridgehead atoms. The van der Waals surface area contributed by atoms with Crippen molar-refractivity contribution in [1.29, 1.82) is 0 Å². The van der Waals surface area contributed by atoms with Gasteiger partial charge in [-0.1, -0.05) is 12.1 Å². The van der Waals surface area contributed by atoms with Crippen molar-refractivity contribution in [3.05, 3.63) is 46.3 Å². The van der Waals surface area contributed by atoms with Gasteiger partial charge in [0.05, 0.1) is 23.5 Å². The van der Waals surface area contributed by atoms with Gasteiger partial charge < -0.3 is 4.90 Å². The zero-order valence-corrected chi connectivity index (χ0v) is 13.9. The first-order valence-electron chi connectivity index (χ1n) is 8.25. The van der Waals surface area contributed by atoms with E-state index in [1.54, 1.807) is 6.07 Å². The van der Waals surface area contributed by atoms with E-state index >= 15 is 0 Å². The molecular formula is C17H20N6O. The summed E-state index contributed by atoms with van der Waals surface area (Å²) in [5.74, 6) is 2.35. The molecule has 3 aromatic rings. The quantitative estimate of drug-likeness (QED) is 0.795. The molecule has 0 saturated carbocycles. The van der Waals surface area contributed by atoms with Crippen LogP contribution in [0, 0.1) is 13.8 Å². The average Bonchev–Trinajstić information content (AvgIpc) is 3.14. The molecule has 1 fully saturated rings. The second kappa shape index (κ2) is 5.74. The molecule has 0 radical (unpaired) electrons. The summed E-state index contributed by atoms with van der Waals surface area (Å²) in [4.78, 5) is 26.5. The Balaban J connectivity index is 1.67. The van der Waals surface area contributed by atoms with Crippen LogP contribution >= 0.6 is 0 Å². The van der Waals surface area contributed by atoms with Crippen LogP contribution in [0.5, 0.6) is 0 Å². The van der Waals surface area contributed by atoms with Gasteiger partial charge in [0.25, 0.3) is 5.56 Å². The Kier molecular flexibility index (Phi) is 3.55. The summed E-state index contributed by atoms with van der Waals surface area (Å²) in [6, 6.07) is 7.70. The number of para-hydroxylation sites is 1.